The summed E-state index contributed by atoms with van der Waals surface area (Å²) in [5.74, 6) is -0.254. The van der Waals surface area contributed by atoms with E-state index in [4.69, 9.17) is 9.47 Å². The van der Waals surface area contributed by atoms with E-state index in [1.807, 2.05) is 0 Å². The summed E-state index contributed by atoms with van der Waals surface area (Å²) in [6.45, 7) is 3.60. The summed E-state index contributed by atoms with van der Waals surface area (Å²) >= 11 is 0. The van der Waals surface area contributed by atoms with Crippen molar-refractivity contribution < 1.29 is 44.9 Å². The second-order valence-corrected chi connectivity index (χ2v) is 17.4. The first-order chi connectivity index (χ1) is 27.8. The monoisotopic (exact) mass is 816 g/mol. The molecule has 0 radical (unpaired) electrons. The van der Waals surface area contributed by atoms with E-state index in [0.29, 0.717) is 6.42 Å². The van der Waals surface area contributed by atoms with Crippen LogP contribution in [0.15, 0.2) is 0 Å². The summed E-state index contributed by atoms with van der Waals surface area (Å²) in [5, 5.41) is 65.0. The van der Waals surface area contributed by atoms with Gasteiger partial charge in [0.1, 0.15) is 30.5 Å². The van der Waals surface area contributed by atoms with E-state index in [1.54, 1.807) is 0 Å². The van der Waals surface area contributed by atoms with Crippen LogP contribution in [0.2, 0.25) is 0 Å². The van der Waals surface area contributed by atoms with Crippen molar-refractivity contribution in [2.24, 2.45) is 0 Å². The van der Waals surface area contributed by atoms with Crippen molar-refractivity contribution in [2.45, 2.75) is 281 Å². The molecular formula is C47H93NO9. The Kier molecular flexibility index (Phi) is 36.2. The summed E-state index contributed by atoms with van der Waals surface area (Å²) in [4.78, 5) is 13.0. The SMILES string of the molecule is CCCCCCCCCCCCCCCCCCCCCCCCCC(=O)N[C@@H](CO[C@H]1O[C@H](CO)[C@H](O)[C@H](O)[C@H]1O)[C@H](O)[C@H](O)CCCCCCCCCCC. The number of carbonyl (C=O) groups excluding carboxylic acids is 1. The predicted molar refractivity (Wildman–Crippen MR) is 232 cm³/mol. The van der Waals surface area contributed by atoms with Crippen molar-refractivity contribution in [3.63, 3.8) is 0 Å². The number of aliphatic hydroxyl groups excluding tert-OH is 6. The fourth-order valence-corrected chi connectivity index (χ4v) is 8.08. The molecule has 57 heavy (non-hydrogen) atoms. The third-order valence-electron chi connectivity index (χ3n) is 12.1. The number of hydrogen-bond acceptors (Lipinski definition) is 9. The molecule has 7 N–H and O–H groups in total. The average molecular weight is 816 g/mol. The third kappa shape index (κ3) is 28.3. The molecule has 1 amide bonds. The van der Waals surface area contributed by atoms with Gasteiger partial charge in [-0.2, -0.15) is 0 Å². The van der Waals surface area contributed by atoms with Crippen LogP contribution in [0.5, 0.6) is 0 Å². The summed E-state index contributed by atoms with van der Waals surface area (Å²) in [6.07, 6.45) is 31.3. The largest absolute Gasteiger partial charge is 0.394 e. The molecule has 10 nitrogen and oxygen atoms in total. The highest BCUT2D eigenvalue weighted by Gasteiger charge is 2.44. The van der Waals surface area contributed by atoms with Crippen LogP contribution in [-0.4, -0.2) is 98.7 Å². The van der Waals surface area contributed by atoms with Crippen molar-refractivity contribution in [3.05, 3.63) is 0 Å². The highest BCUT2D eigenvalue weighted by Crippen LogP contribution is 2.23. The van der Waals surface area contributed by atoms with Crippen molar-refractivity contribution >= 4 is 5.91 Å². The van der Waals surface area contributed by atoms with E-state index in [0.717, 1.165) is 44.9 Å². The molecule has 1 aliphatic rings. The van der Waals surface area contributed by atoms with Gasteiger partial charge in [-0.25, -0.2) is 0 Å². The van der Waals surface area contributed by atoms with Crippen molar-refractivity contribution in [2.75, 3.05) is 13.2 Å². The van der Waals surface area contributed by atoms with Crippen LogP contribution in [0, 0.1) is 0 Å². The fourth-order valence-electron chi connectivity index (χ4n) is 8.08. The fraction of sp³-hybridized carbons (Fsp3) is 0.979. The summed E-state index contributed by atoms with van der Waals surface area (Å²) < 4.78 is 11.1. The van der Waals surface area contributed by atoms with Gasteiger partial charge < -0.3 is 45.4 Å². The number of ether oxygens (including phenoxy) is 2. The number of unbranched alkanes of at least 4 members (excludes halogenated alkanes) is 30. The Morgan fingerprint density at radius 2 is 0.912 bits per heavy atom. The Balaban J connectivity index is 2.25. The molecule has 340 valence electrons. The molecule has 0 aromatic heterocycles. The maximum Gasteiger partial charge on any atom is 0.220 e. The predicted octanol–water partition coefficient (Wildman–Crippen LogP) is 9.31. The minimum atomic E-state index is -1.60. The van der Waals surface area contributed by atoms with Gasteiger partial charge in [0.15, 0.2) is 6.29 Å². The lowest BCUT2D eigenvalue weighted by atomic mass is 9.98. The molecule has 0 aromatic carbocycles. The topological polar surface area (TPSA) is 169 Å². The number of carbonyl (C=O) groups is 1. The Labute approximate surface area is 349 Å². The van der Waals surface area contributed by atoms with Crippen LogP contribution in [0.4, 0.5) is 0 Å². The number of hydrogen-bond donors (Lipinski definition) is 7. The molecule has 0 aliphatic carbocycles. The highest BCUT2D eigenvalue weighted by atomic mass is 16.7. The molecule has 10 heteroatoms. The normalized spacial score (nSPS) is 21.4. The lowest BCUT2D eigenvalue weighted by Gasteiger charge is -2.40. The highest BCUT2D eigenvalue weighted by molar-refractivity contribution is 5.76. The number of amides is 1. The lowest BCUT2D eigenvalue weighted by molar-refractivity contribution is -0.303. The van der Waals surface area contributed by atoms with E-state index in [2.05, 4.69) is 19.2 Å². The van der Waals surface area contributed by atoms with Gasteiger partial charge >= 0.3 is 0 Å². The molecule has 0 unspecified atom stereocenters. The van der Waals surface area contributed by atoms with E-state index in [9.17, 15) is 35.4 Å². The van der Waals surface area contributed by atoms with Gasteiger partial charge in [0.25, 0.3) is 0 Å². The zero-order valence-electron chi connectivity index (χ0n) is 37.0. The van der Waals surface area contributed by atoms with Gasteiger partial charge in [-0.15, -0.1) is 0 Å². The molecule has 0 saturated carbocycles. The van der Waals surface area contributed by atoms with Crippen LogP contribution < -0.4 is 5.32 Å². The molecule has 1 fully saturated rings. The number of nitrogens with one attached hydrogen (secondary N) is 1. The first kappa shape index (κ1) is 54.2. The van der Waals surface area contributed by atoms with Gasteiger partial charge in [-0.1, -0.05) is 213 Å². The molecule has 0 bridgehead atoms. The summed E-state index contributed by atoms with van der Waals surface area (Å²) in [5.41, 5.74) is 0. The second kappa shape index (κ2) is 38.1. The Hall–Kier alpha value is -0.850. The van der Waals surface area contributed by atoms with Crippen LogP contribution in [0.1, 0.15) is 232 Å². The van der Waals surface area contributed by atoms with Gasteiger partial charge in [0, 0.05) is 6.42 Å². The smallest absolute Gasteiger partial charge is 0.220 e. The molecule has 1 rings (SSSR count). The van der Waals surface area contributed by atoms with Gasteiger partial charge in [0.05, 0.1) is 25.4 Å². The Morgan fingerprint density at radius 1 is 0.544 bits per heavy atom. The van der Waals surface area contributed by atoms with E-state index in [-0.39, 0.29) is 18.9 Å². The van der Waals surface area contributed by atoms with Crippen LogP contribution in [0.3, 0.4) is 0 Å². The Morgan fingerprint density at radius 3 is 1.30 bits per heavy atom. The third-order valence-corrected chi connectivity index (χ3v) is 12.1. The van der Waals surface area contributed by atoms with E-state index >= 15 is 0 Å². The quantitative estimate of drug-likeness (QED) is 0.0298. The second-order valence-electron chi connectivity index (χ2n) is 17.4. The minimum absolute atomic E-state index is 0.254. The zero-order valence-corrected chi connectivity index (χ0v) is 37.0. The maximum absolute atomic E-state index is 13.0. The van der Waals surface area contributed by atoms with Gasteiger partial charge in [-0.05, 0) is 12.8 Å². The van der Waals surface area contributed by atoms with E-state index in [1.165, 1.54) is 161 Å². The molecule has 0 aromatic rings. The van der Waals surface area contributed by atoms with Crippen molar-refractivity contribution in [3.8, 4) is 0 Å². The molecule has 8 atom stereocenters. The van der Waals surface area contributed by atoms with Gasteiger partial charge in [0.2, 0.25) is 5.91 Å². The molecule has 0 spiro atoms. The molecule has 1 aliphatic heterocycles. The minimum Gasteiger partial charge on any atom is -0.394 e. The average Bonchev–Trinajstić information content (AvgIpc) is 3.21. The molecule has 1 heterocycles. The Bertz CT molecular complexity index is 880. The summed E-state index contributed by atoms with van der Waals surface area (Å²) in [6, 6.07) is -0.983. The number of aliphatic hydroxyl groups is 6. The van der Waals surface area contributed by atoms with E-state index < -0.39 is 55.6 Å². The van der Waals surface area contributed by atoms with Crippen LogP contribution >= 0.6 is 0 Å². The van der Waals surface area contributed by atoms with Crippen molar-refractivity contribution in [1.29, 1.82) is 0 Å². The first-order valence-corrected chi connectivity index (χ1v) is 24.3. The van der Waals surface area contributed by atoms with Crippen LogP contribution in [-0.2, 0) is 14.3 Å². The van der Waals surface area contributed by atoms with Gasteiger partial charge in [-0.3, -0.25) is 4.79 Å². The first-order valence-electron chi connectivity index (χ1n) is 24.3. The number of rotatable bonds is 41. The maximum atomic E-state index is 13.0. The molecule has 1 saturated heterocycles. The molecular weight excluding hydrogens is 723 g/mol. The standard InChI is InChI=1S/C47H93NO9/c1-3-5-7-9-11-13-14-15-16-17-18-19-20-21-22-23-24-25-26-28-30-32-34-36-42(51)48-39(38-56-47-46(55)45(54)44(53)41(37-49)57-47)43(52)40(50)35-33-31-29-27-12-10-8-6-4-2/h39-41,43-47,49-50,52-55H,3-38H2,1-2H3,(H,48,51)/t39-,40+,41+,43-,44-,45-,46+,47-/m0/s1. The lowest BCUT2D eigenvalue weighted by Crippen LogP contribution is -2.60. The van der Waals surface area contributed by atoms with Crippen molar-refractivity contribution in [1.82, 2.24) is 5.32 Å². The summed E-state index contributed by atoms with van der Waals surface area (Å²) in [7, 11) is 0. The van der Waals surface area contributed by atoms with Crippen LogP contribution in [0.25, 0.3) is 0 Å². The zero-order chi connectivity index (χ0) is 41.8.